The van der Waals surface area contributed by atoms with Gasteiger partial charge in [0.1, 0.15) is 0 Å². The number of hydrogen-bond acceptors (Lipinski definition) is 2. The van der Waals surface area contributed by atoms with Crippen molar-refractivity contribution in [2.45, 2.75) is 6.10 Å². The molecule has 0 aliphatic carbocycles. The van der Waals surface area contributed by atoms with Crippen LogP contribution in [0.2, 0.25) is 0 Å². The minimum Gasteiger partial charge on any atom is -0.387 e. The predicted molar refractivity (Wildman–Crippen MR) is 57.7 cm³/mol. The van der Waals surface area contributed by atoms with Gasteiger partial charge in [0.25, 0.3) is 0 Å². The van der Waals surface area contributed by atoms with E-state index in [1.165, 1.54) is 0 Å². The van der Waals surface area contributed by atoms with E-state index in [-0.39, 0.29) is 0 Å². The summed E-state index contributed by atoms with van der Waals surface area (Å²) in [4.78, 5) is 1.96. The molecule has 0 amide bonds. The topological polar surface area (TPSA) is 23.5 Å². The van der Waals surface area contributed by atoms with Crippen LogP contribution in [0.5, 0.6) is 0 Å². The Bertz CT molecular complexity index is 275. The summed E-state index contributed by atoms with van der Waals surface area (Å²) in [5.41, 5.74) is 0.947. The molecule has 0 saturated heterocycles. The second kappa shape index (κ2) is 4.74. The fourth-order valence-electron chi connectivity index (χ4n) is 1.17. The molecule has 0 aliphatic rings. The van der Waals surface area contributed by atoms with Gasteiger partial charge in [0, 0.05) is 11.0 Å². The summed E-state index contributed by atoms with van der Waals surface area (Å²) >= 11 is 3.37. The Hall–Kier alpha value is -0.380. The number of rotatable bonds is 3. The molecule has 1 aromatic carbocycles. The van der Waals surface area contributed by atoms with Crippen molar-refractivity contribution >= 4 is 15.9 Å². The van der Waals surface area contributed by atoms with Crippen LogP contribution >= 0.6 is 15.9 Å². The zero-order chi connectivity index (χ0) is 9.84. The highest BCUT2D eigenvalue weighted by atomic mass is 79.9. The fraction of sp³-hybridized carbons (Fsp3) is 0.400. The van der Waals surface area contributed by atoms with Crippen molar-refractivity contribution in [1.29, 1.82) is 0 Å². The Morgan fingerprint density at radius 1 is 1.46 bits per heavy atom. The van der Waals surface area contributed by atoms with E-state index in [9.17, 15) is 5.11 Å². The molecule has 0 aliphatic heterocycles. The number of likely N-dealkylation sites (N-methyl/N-ethyl adjacent to an activating group) is 1. The molecule has 0 aromatic heterocycles. The van der Waals surface area contributed by atoms with Crippen LogP contribution in [0, 0.1) is 0 Å². The van der Waals surface area contributed by atoms with Crippen LogP contribution in [-0.2, 0) is 0 Å². The van der Waals surface area contributed by atoms with E-state index in [2.05, 4.69) is 15.9 Å². The van der Waals surface area contributed by atoms with Crippen molar-refractivity contribution in [2.75, 3.05) is 20.6 Å². The number of nitrogens with zero attached hydrogens (tertiary/aromatic N) is 1. The minimum absolute atomic E-state index is 0.410. The summed E-state index contributed by atoms with van der Waals surface area (Å²) in [7, 11) is 3.89. The maximum absolute atomic E-state index is 9.75. The van der Waals surface area contributed by atoms with Gasteiger partial charge < -0.3 is 10.0 Å². The first-order valence-electron chi connectivity index (χ1n) is 4.18. The third-order valence-electron chi connectivity index (χ3n) is 1.77. The van der Waals surface area contributed by atoms with Gasteiger partial charge in [-0.05, 0) is 31.8 Å². The van der Waals surface area contributed by atoms with Gasteiger partial charge in [0.2, 0.25) is 0 Å². The molecule has 1 N–H and O–H groups in total. The van der Waals surface area contributed by atoms with Crippen molar-refractivity contribution < 1.29 is 5.11 Å². The zero-order valence-electron chi connectivity index (χ0n) is 7.87. The Morgan fingerprint density at radius 3 is 2.69 bits per heavy atom. The quantitative estimate of drug-likeness (QED) is 0.879. The van der Waals surface area contributed by atoms with E-state index in [0.717, 1.165) is 10.0 Å². The molecule has 3 heteroatoms. The molecule has 72 valence electrons. The summed E-state index contributed by atoms with van der Waals surface area (Å²) in [6.07, 6.45) is -0.410. The lowest BCUT2D eigenvalue weighted by Gasteiger charge is -2.16. The fourth-order valence-corrected chi connectivity index (χ4v) is 1.58. The molecule has 0 saturated carbocycles. The smallest absolute Gasteiger partial charge is 0.0917 e. The van der Waals surface area contributed by atoms with Crippen LogP contribution < -0.4 is 0 Å². The monoisotopic (exact) mass is 243 g/mol. The zero-order valence-corrected chi connectivity index (χ0v) is 9.45. The Morgan fingerprint density at radius 2 is 2.15 bits per heavy atom. The van der Waals surface area contributed by atoms with Crippen LogP contribution in [-0.4, -0.2) is 30.6 Å². The van der Waals surface area contributed by atoms with Gasteiger partial charge >= 0.3 is 0 Å². The lowest BCUT2D eigenvalue weighted by molar-refractivity contribution is 0.138. The van der Waals surface area contributed by atoms with E-state index in [1.807, 2.05) is 43.3 Å². The first-order chi connectivity index (χ1) is 6.09. The van der Waals surface area contributed by atoms with Gasteiger partial charge in [-0.1, -0.05) is 28.1 Å². The molecule has 1 aromatic rings. The molecule has 0 bridgehead atoms. The molecule has 0 heterocycles. The van der Waals surface area contributed by atoms with Gasteiger partial charge in [-0.3, -0.25) is 0 Å². The van der Waals surface area contributed by atoms with Crippen LogP contribution in [0.15, 0.2) is 28.7 Å². The molecule has 1 atom stereocenters. The Kier molecular flexibility index (Phi) is 3.90. The molecular formula is C10H14BrNO. The third kappa shape index (κ3) is 3.46. The third-order valence-corrected chi connectivity index (χ3v) is 2.26. The van der Waals surface area contributed by atoms with Crippen LogP contribution in [0.1, 0.15) is 11.7 Å². The minimum atomic E-state index is -0.410. The molecule has 13 heavy (non-hydrogen) atoms. The van der Waals surface area contributed by atoms with Crippen molar-refractivity contribution in [3.8, 4) is 0 Å². The Labute approximate surface area is 87.3 Å². The molecule has 1 rings (SSSR count). The second-order valence-electron chi connectivity index (χ2n) is 3.33. The lowest BCUT2D eigenvalue weighted by atomic mass is 10.1. The molecule has 0 spiro atoms. The molecular weight excluding hydrogens is 230 g/mol. The first-order valence-corrected chi connectivity index (χ1v) is 4.97. The van der Waals surface area contributed by atoms with E-state index >= 15 is 0 Å². The van der Waals surface area contributed by atoms with Crippen LogP contribution in [0.4, 0.5) is 0 Å². The predicted octanol–water partition coefficient (Wildman–Crippen LogP) is 2.04. The van der Waals surface area contributed by atoms with Crippen LogP contribution in [0.3, 0.4) is 0 Å². The van der Waals surface area contributed by atoms with Gasteiger partial charge in [0.15, 0.2) is 0 Å². The standard InChI is InChI=1S/C10H14BrNO/c1-12(2)7-10(13)8-4-3-5-9(11)6-8/h3-6,10,13H,7H2,1-2H3. The summed E-state index contributed by atoms with van der Waals surface area (Å²) < 4.78 is 1.00. The summed E-state index contributed by atoms with van der Waals surface area (Å²) in [5, 5.41) is 9.75. The maximum atomic E-state index is 9.75. The highest BCUT2D eigenvalue weighted by Crippen LogP contribution is 2.18. The molecule has 0 radical (unpaired) electrons. The molecule has 1 unspecified atom stereocenters. The van der Waals surface area contributed by atoms with Gasteiger partial charge in [-0.15, -0.1) is 0 Å². The highest BCUT2D eigenvalue weighted by molar-refractivity contribution is 9.10. The number of aliphatic hydroxyl groups is 1. The van der Waals surface area contributed by atoms with E-state index < -0.39 is 6.10 Å². The van der Waals surface area contributed by atoms with E-state index in [4.69, 9.17) is 0 Å². The summed E-state index contributed by atoms with van der Waals surface area (Å²) in [6.45, 7) is 0.649. The van der Waals surface area contributed by atoms with Crippen LogP contribution in [0.25, 0.3) is 0 Å². The normalized spacial score (nSPS) is 13.3. The SMILES string of the molecule is CN(C)CC(O)c1cccc(Br)c1. The lowest BCUT2D eigenvalue weighted by Crippen LogP contribution is -2.19. The number of benzene rings is 1. The average molecular weight is 244 g/mol. The van der Waals surface area contributed by atoms with Crippen molar-refractivity contribution in [3.05, 3.63) is 34.3 Å². The van der Waals surface area contributed by atoms with Crippen molar-refractivity contribution in [2.24, 2.45) is 0 Å². The first kappa shape index (κ1) is 10.7. The summed E-state index contributed by atoms with van der Waals surface area (Å²) in [6, 6.07) is 7.75. The van der Waals surface area contributed by atoms with E-state index in [1.54, 1.807) is 0 Å². The number of halogens is 1. The molecule has 2 nitrogen and oxygen atoms in total. The highest BCUT2D eigenvalue weighted by Gasteiger charge is 2.07. The summed E-state index contributed by atoms with van der Waals surface area (Å²) in [5.74, 6) is 0. The van der Waals surface area contributed by atoms with Crippen molar-refractivity contribution in [1.82, 2.24) is 4.90 Å². The number of hydrogen-bond donors (Lipinski definition) is 1. The number of aliphatic hydroxyl groups excluding tert-OH is 1. The maximum Gasteiger partial charge on any atom is 0.0917 e. The largest absolute Gasteiger partial charge is 0.387 e. The average Bonchev–Trinajstić information content (AvgIpc) is 2.03. The van der Waals surface area contributed by atoms with Gasteiger partial charge in [0.05, 0.1) is 6.10 Å². The van der Waals surface area contributed by atoms with Gasteiger partial charge in [-0.25, -0.2) is 0 Å². The van der Waals surface area contributed by atoms with Gasteiger partial charge in [-0.2, -0.15) is 0 Å². The second-order valence-corrected chi connectivity index (χ2v) is 4.25. The van der Waals surface area contributed by atoms with Crippen molar-refractivity contribution in [3.63, 3.8) is 0 Å². The molecule has 0 fully saturated rings. The van der Waals surface area contributed by atoms with E-state index in [0.29, 0.717) is 6.54 Å². The Balaban J connectivity index is 2.71.